The molecular weight excluding hydrogens is 304 g/mol. The minimum Gasteiger partial charge on any atom is -0.493 e. The van der Waals surface area contributed by atoms with Crippen LogP contribution in [0, 0.1) is 0 Å². The number of carbonyl (C=O) groups excluding carboxylic acids is 1. The molecule has 0 bridgehead atoms. The van der Waals surface area contributed by atoms with Gasteiger partial charge in [0.15, 0.2) is 11.5 Å². The van der Waals surface area contributed by atoms with Crippen LogP contribution in [0.2, 0.25) is 0 Å². The Hall–Kier alpha value is -1.46. The van der Waals surface area contributed by atoms with Crippen molar-refractivity contribution < 1.29 is 14.3 Å². The first-order valence-corrected chi connectivity index (χ1v) is 7.18. The summed E-state index contributed by atoms with van der Waals surface area (Å²) in [5.74, 6) is 1.28. The van der Waals surface area contributed by atoms with Crippen molar-refractivity contribution in [2.24, 2.45) is 0 Å². The van der Waals surface area contributed by atoms with E-state index in [1.54, 1.807) is 14.2 Å². The summed E-state index contributed by atoms with van der Waals surface area (Å²) in [7, 11) is 3.18. The highest BCUT2D eigenvalue weighted by molar-refractivity contribution is 5.87. The first-order valence-electron chi connectivity index (χ1n) is 7.18. The molecule has 1 amide bonds. The van der Waals surface area contributed by atoms with E-state index >= 15 is 0 Å². The van der Waals surface area contributed by atoms with Crippen molar-refractivity contribution in [3.8, 4) is 11.5 Å². The van der Waals surface area contributed by atoms with Gasteiger partial charge in [-0.05, 0) is 38.1 Å². The minimum atomic E-state index is -0.633. The molecule has 126 valence electrons. The van der Waals surface area contributed by atoms with Gasteiger partial charge in [0.2, 0.25) is 5.91 Å². The van der Waals surface area contributed by atoms with Gasteiger partial charge in [0.1, 0.15) is 0 Å². The Kier molecular flexibility index (Phi) is 8.90. The van der Waals surface area contributed by atoms with Crippen molar-refractivity contribution in [3.05, 3.63) is 23.8 Å². The number of rotatable bonds is 8. The molecule has 0 aliphatic rings. The van der Waals surface area contributed by atoms with Crippen molar-refractivity contribution in [1.82, 2.24) is 10.6 Å². The van der Waals surface area contributed by atoms with E-state index in [-0.39, 0.29) is 18.3 Å². The van der Waals surface area contributed by atoms with Crippen LogP contribution in [0.25, 0.3) is 0 Å². The van der Waals surface area contributed by atoms with Gasteiger partial charge in [-0.1, -0.05) is 13.0 Å². The van der Waals surface area contributed by atoms with Crippen molar-refractivity contribution >= 4 is 18.3 Å². The maximum absolute atomic E-state index is 12.4. The van der Waals surface area contributed by atoms with Crippen LogP contribution >= 0.6 is 12.4 Å². The lowest BCUT2D eigenvalue weighted by atomic mass is 9.83. The summed E-state index contributed by atoms with van der Waals surface area (Å²) in [4.78, 5) is 12.4. The molecule has 0 aliphatic carbocycles. The predicted octanol–water partition coefficient (Wildman–Crippen LogP) is 2.13. The van der Waals surface area contributed by atoms with Crippen LogP contribution in [0.3, 0.4) is 0 Å². The zero-order chi connectivity index (χ0) is 15.9. The number of ether oxygens (including phenoxy) is 2. The summed E-state index contributed by atoms with van der Waals surface area (Å²) >= 11 is 0. The molecule has 0 unspecified atom stereocenters. The normalized spacial score (nSPS) is 10.6. The maximum Gasteiger partial charge on any atom is 0.230 e. The first-order chi connectivity index (χ1) is 9.97. The zero-order valence-corrected chi connectivity index (χ0v) is 14.8. The Morgan fingerprint density at radius 3 is 2.32 bits per heavy atom. The molecular formula is C16H27ClN2O3. The van der Waals surface area contributed by atoms with Gasteiger partial charge in [-0.25, -0.2) is 0 Å². The quantitative estimate of drug-likeness (QED) is 0.717. The number of benzene rings is 1. The molecule has 0 aliphatic heterocycles. The summed E-state index contributed by atoms with van der Waals surface area (Å²) in [6, 6.07) is 5.57. The number of halogens is 1. The van der Waals surface area contributed by atoms with E-state index in [2.05, 4.69) is 10.6 Å². The molecule has 0 aromatic heterocycles. The Balaban J connectivity index is 0.00000441. The highest BCUT2D eigenvalue weighted by Gasteiger charge is 2.30. The van der Waals surface area contributed by atoms with Crippen molar-refractivity contribution in [3.63, 3.8) is 0 Å². The van der Waals surface area contributed by atoms with Crippen LogP contribution in [0.5, 0.6) is 11.5 Å². The van der Waals surface area contributed by atoms with E-state index in [0.717, 1.165) is 18.7 Å². The summed E-state index contributed by atoms with van der Waals surface area (Å²) in [6.45, 7) is 8.12. The average molecular weight is 331 g/mol. The lowest BCUT2D eigenvalue weighted by molar-refractivity contribution is -0.125. The van der Waals surface area contributed by atoms with Gasteiger partial charge in [-0.3, -0.25) is 4.79 Å². The molecule has 0 spiro atoms. The van der Waals surface area contributed by atoms with E-state index in [9.17, 15) is 4.79 Å². The topological polar surface area (TPSA) is 59.6 Å². The molecule has 0 saturated carbocycles. The summed E-state index contributed by atoms with van der Waals surface area (Å²) in [6.07, 6.45) is 0. The number of methoxy groups -OCH3 is 2. The monoisotopic (exact) mass is 330 g/mol. The summed E-state index contributed by atoms with van der Waals surface area (Å²) < 4.78 is 10.5. The fraction of sp³-hybridized carbons (Fsp3) is 0.562. The van der Waals surface area contributed by atoms with E-state index in [1.807, 2.05) is 39.0 Å². The molecule has 1 aromatic rings. The molecule has 5 nitrogen and oxygen atoms in total. The fourth-order valence-electron chi connectivity index (χ4n) is 2.02. The second-order valence-corrected chi connectivity index (χ2v) is 5.30. The second kappa shape index (κ2) is 9.54. The molecule has 6 heteroatoms. The lowest BCUT2D eigenvalue weighted by Crippen LogP contribution is -2.42. The van der Waals surface area contributed by atoms with Crippen LogP contribution in [-0.4, -0.2) is 39.8 Å². The fourth-order valence-corrected chi connectivity index (χ4v) is 2.02. The number of hydrogen-bond acceptors (Lipinski definition) is 4. The second-order valence-electron chi connectivity index (χ2n) is 5.30. The molecule has 0 heterocycles. The van der Waals surface area contributed by atoms with Gasteiger partial charge < -0.3 is 20.1 Å². The summed E-state index contributed by atoms with van der Waals surface area (Å²) in [5.41, 5.74) is 0.257. The maximum atomic E-state index is 12.4. The van der Waals surface area contributed by atoms with Crippen molar-refractivity contribution in [2.45, 2.75) is 26.2 Å². The van der Waals surface area contributed by atoms with Crippen molar-refractivity contribution in [1.29, 1.82) is 0 Å². The van der Waals surface area contributed by atoms with Gasteiger partial charge in [0.25, 0.3) is 0 Å². The SMILES string of the molecule is CCNCCNC(=O)C(C)(C)c1ccc(OC)c(OC)c1.Cl. The Morgan fingerprint density at radius 1 is 1.14 bits per heavy atom. The number of hydrogen-bond donors (Lipinski definition) is 2. The van der Waals surface area contributed by atoms with Crippen LogP contribution < -0.4 is 20.1 Å². The predicted molar refractivity (Wildman–Crippen MR) is 91.4 cm³/mol. The van der Waals surface area contributed by atoms with E-state index in [1.165, 1.54) is 0 Å². The molecule has 0 radical (unpaired) electrons. The largest absolute Gasteiger partial charge is 0.493 e. The van der Waals surface area contributed by atoms with Gasteiger partial charge >= 0.3 is 0 Å². The standard InChI is InChI=1S/C16H26N2O3.ClH/c1-6-17-9-10-18-15(19)16(2,3)12-7-8-13(20-4)14(11-12)21-5;/h7-8,11,17H,6,9-10H2,1-5H3,(H,18,19);1H. The minimum absolute atomic E-state index is 0. The number of carbonyl (C=O) groups is 1. The smallest absolute Gasteiger partial charge is 0.230 e. The van der Waals surface area contributed by atoms with Gasteiger partial charge in [0.05, 0.1) is 19.6 Å². The van der Waals surface area contributed by atoms with Crippen LogP contribution in [-0.2, 0) is 10.2 Å². The molecule has 1 aromatic carbocycles. The third-order valence-corrected chi connectivity index (χ3v) is 3.51. The Labute approximate surface area is 139 Å². The summed E-state index contributed by atoms with van der Waals surface area (Å²) in [5, 5.41) is 6.13. The average Bonchev–Trinajstić information content (AvgIpc) is 2.50. The Bertz CT molecular complexity index is 478. The molecule has 0 fully saturated rings. The van der Waals surface area contributed by atoms with Crippen LogP contribution in [0.4, 0.5) is 0 Å². The molecule has 0 saturated heterocycles. The zero-order valence-electron chi connectivity index (χ0n) is 14.0. The van der Waals surface area contributed by atoms with Crippen molar-refractivity contribution in [2.75, 3.05) is 33.9 Å². The number of nitrogens with one attached hydrogen (secondary N) is 2. The van der Waals surface area contributed by atoms with Gasteiger partial charge in [-0.15, -0.1) is 12.4 Å². The molecule has 2 N–H and O–H groups in total. The highest BCUT2D eigenvalue weighted by atomic mass is 35.5. The highest BCUT2D eigenvalue weighted by Crippen LogP contribution is 2.33. The van der Waals surface area contributed by atoms with E-state index in [0.29, 0.717) is 18.0 Å². The first kappa shape index (κ1) is 20.5. The molecule has 0 atom stereocenters. The molecule has 22 heavy (non-hydrogen) atoms. The lowest BCUT2D eigenvalue weighted by Gasteiger charge is -2.25. The van der Waals surface area contributed by atoms with Gasteiger partial charge in [-0.2, -0.15) is 0 Å². The number of amides is 1. The Morgan fingerprint density at radius 2 is 1.77 bits per heavy atom. The van der Waals surface area contributed by atoms with Crippen LogP contribution in [0.1, 0.15) is 26.3 Å². The number of likely N-dealkylation sites (N-methyl/N-ethyl adjacent to an activating group) is 1. The third kappa shape index (κ3) is 5.07. The van der Waals surface area contributed by atoms with Crippen LogP contribution in [0.15, 0.2) is 18.2 Å². The van der Waals surface area contributed by atoms with E-state index in [4.69, 9.17) is 9.47 Å². The molecule has 1 rings (SSSR count). The van der Waals surface area contributed by atoms with E-state index < -0.39 is 5.41 Å². The third-order valence-electron chi connectivity index (χ3n) is 3.51. The van der Waals surface area contributed by atoms with Gasteiger partial charge in [0, 0.05) is 13.1 Å².